The number of nitrogens with one attached hydrogen (secondary N) is 1. The first kappa shape index (κ1) is 16.7. The van der Waals surface area contributed by atoms with Crippen molar-refractivity contribution >= 4 is 33.3 Å². The van der Waals surface area contributed by atoms with Crippen molar-refractivity contribution in [2.45, 2.75) is 32.6 Å². The molecule has 0 aromatic carbocycles. The van der Waals surface area contributed by atoms with Gasteiger partial charge in [-0.2, -0.15) is 0 Å². The summed E-state index contributed by atoms with van der Waals surface area (Å²) in [5.74, 6) is 1.09. The molecule has 1 N–H and O–H groups in total. The number of fused-ring (bicyclic) bond motifs is 1. The summed E-state index contributed by atoms with van der Waals surface area (Å²) in [5.41, 5.74) is 2.02. The summed E-state index contributed by atoms with van der Waals surface area (Å²) in [6, 6.07) is 3.83. The molecule has 6 heteroatoms. The van der Waals surface area contributed by atoms with E-state index in [9.17, 15) is 4.79 Å². The van der Waals surface area contributed by atoms with E-state index >= 15 is 0 Å². The quantitative estimate of drug-likeness (QED) is 0.670. The van der Waals surface area contributed by atoms with Gasteiger partial charge in [-0.05, 0) is 38.3 Å². The molecule has 3 aromatic heterocycles. The van der Waals surface area contributed by atoms with Crippen LogP contribution in [0.15, 0.2) is 52.9 Å². The highest BCUT2D eigenvalue weighted by Gasteiger charge is 2.15. The zero-order chi connectivity index (χ0) is 17.9. The van der Waals surface area contributed by atoms with Crippen molar-refractivity contribution in [3.8, 4) is 11.4 Å². The number of anilines is 1. The van der Waals surface area contributed by atoms with Gasteiger partial charge in [-0.15, -0.1) is 11.3 Å². The van der Waals surface area contributed by atoms with Crippen LogP contribution in [0.4, 0.5) is 5.82 Å². The third-order valence-corrected chi connectivity index (χ3v) is 5.21. The Balaban J connectivity index is 1.57. The van der Waals surface area contributed by atoms with E-state index < -0.39 is 0 Å². The van der Waals surface area contributed by atoms with Crippen molar-refractivity contribution in [3.05, 3.63) is 53.3 Å². The highest BCUT2D eigenvalue weighted by molar-refractivity contribution is 7.18. The van der Waals surface area contributed by atoms with Crippen molar-refractivity contribution in [1.82, 2.24) is 9.97 Å². The van der Waals surface area contributed by atoms with E-state index in [2.05, 4.69) is 33.5 Å². The lowest BCUT2D eigenvalue weighted by Crippen LogP contribution is -2.13. The first-order valence-corrected chi connectivity index (χ1v) is 9.47. The van der Waals surface area contributed by atoms with Crippen LogP contribution in [0.25, 0.3) is 21.6 Å². The Kier molecular flexibility index (Phi) is 4.67. The molecule has 132 valence electrons. The molecule has 3 heterocycles. The number of nitrogens with zero attached hydrogens (tertiary/aromatic N) is 2. The Hall–Kier alpha value is -2.73. The van der Waals surface area contributed by atoms with Gasteiger partial charge in [0.1, 0.15) is 16.9 Å². The lowest BCUT2D eigenvalue weighted by atomic mass is 10.0. The third-order valence-electron chi connectivity index (χ3n) is 4.27. The van der Waals surface area contributed by atoms with Crippen LogP contribution >= 0.6 is 11.3 Å². The summed E-state index contributed by atoms with van der Waals surface area (Å²) < 4.78 is 5.14. The summed E-state index contributed by atoms with van der Waals surface area (Å²) in [5, 5.41) is 3.85. The van der Waals surface area contributed by atoms with E-state index in [0.717, 1.165) is 39.9 Å². The molecule has 0 atom stereocenters. The largest absolute Gasteiger partial charge is 0.472 e. The number of rotatable bonds is 5. The van der Waals surface area contributed by atoms with Crippen LogP contribution in [0.2, 0.25) is 0 Å². The van der Waals surface area contributed by atoms with E-state index in [1.54, 1.807) is 23.9 Å². The number of furan rings is 1. The monoisotopic (exact) mass is 365 g/mol. The maximum Gasteiger partial charge on any atom is 0.225 e. The van der Waals surface area contributed by atoms with Gasteiger partial charge in [-0.3, -0.25) is 4.79 Å². The van der Waals surface area contributed by atoms with Gasteiger partial charge in [0.25, 0.3) is 0 Å². The molecular formula is C20H19N3O2S. The van der Waals surface area contributed by atoms with Gasteiger partial charge in [0, 0.05) is 11.3 Å². The molecule has 1 aliphatic rings. The second-order valence-corrected chi connectivity index (χ2v) is 7.53. The standard InChI is InChI=1S/C20H19N3O2S/c1-13-11-16-19(21-17(24)8-7-14-5-3-2-4-6-14)22-18(23-20(16)26-13)15-9-10-25-12-15/h3,5-6,9-12H,2,4,7-8H2,1H3,(H,21,22,23,24). The Bertz CT molecular complexity index is 1000. The topological polar surface area (TPSA) is 68.0 Å². The fourth-order valence-electron chi connectivity index (χ4n) is 2.96. The van der Waals surface area contributed by atoms with E-state index in [1.165, 1.54) is 5.57 Å². The predicted molar refractivity (Wildman–Crippen MR) is 104 cm³/mol. The minimum Gasteiger partial charge on any atom is -0.472 e. The van der Waals surface area contributed by atoms with E-state index in [-0.39, 0.29) is 5.91 Å². The first-order chi connectivity index (χ1) is 12.7. The molecule has 0 fully saturated rings. The molecule has 1 aliphatic carbocycles. The third kappa shape index (κ3) is 3.60. The van der Waals surface area contributed by atoms with Crippen molar-refractivity contribution in [1.29, 1.82) is 0 Å². The van der Waals surface area contributed by atoms with Crippen molar-refractivity contribution in [2.75, 3.05) is 5.32 Å². The summed E-state index contributed by atoms with van der Waals surface area (Å²) >= 11 is 1.59. The Labute approximate surface area is 155 Å². The number of hydrogen-bond acceptors (Lipinski definition) is 5. The molecular weight excluding hydrogens is 346 g/mol. The number of aromatic nitrogens is 2. The molecule has 1 amide bonds. The zero-order valence-electron chi connectivity index (χ0n) is 14.5. The maximum absolute atomic E-state index is 12.5. The van der Waals surface area contributed by atoms with Gasteiger partial charge in [-0.25, -0.2) is 9.97 Å². The van der Waals surface area contributed by atoms with Gasteiger partial charge in [-0.1, -0.05) is 23.8 Å². The zero-order valence-corrected chi connectivity index (χ0v) is 15.3. The van der Waals surface area contributed by atoms with E-state index in [0.29, 0.717) is 18.1 Å². The lowest BCUT2D eigenvalue weighted by Gasteiger charge is -2.09. The average molecular weight is 365 g/mol. The van der Waals surface area contributed by atoms with Crippen molar-refractivity contribution in [2.24, 2.45) is 0 Å². The molecule has 0 saturated heterocycles. The lowest BCUT2D eigenvalue weighted by molar-refractivity contribution is -0.116. The summed E-state index contributed by atoms with van der Waals surface area (Å²) in [6.07, 6.45) is 13.0. The minimum atomic E-state index is -0.0353. The Morgan fingerprint density at radius 1 is 1.35 bits per heavy atom. The van der Waals surface area contributed by atoms with Crippen LogP contribution in [0.3, 0.4) is 0 Å². The smallest absolute Gasteiger partial charge is 0.225 e. The van der Waals surface area contributed by atoms with Gasteiger partial charge in [0.05, 0.1) is 17.2 Å². The number of allylic oxidation sites excluding steroid dienone is 4. The van der Waals surface area contributed by atoms with Gasteiger partial charge in [0.15, 0.2) is 5.82 Å². The summed E-state index contributed by atoms with van der Waals surface area (Å²) in [4.78, 5) is 23.6. The fraction of sp³-hybridized carbons (Fsp3) is 0.250. The molecule has 0 radical (unpaired) electrons. The highest BCUT2D eigenvalue weighted by Crippen LogP contribution is 2.31. The number of thiophene rings is 1. The second kappa shape index (κ2) is 7.25. The number of carbonyl (C=O) groups is 1. The molecule has 0 bridgehead atoms. The fourth-order valence-corrected chi connectivity index (χ4v) is 3.84. The van der Waals surface area contributed by atoms with Crippen LogP contribution in [0, 0.1) is 6.92 Å². The van der Waals surface area contributed by atoms with Crippen LogP contribution in [-0.4, -0.2) is 15.9 Å². The van der Waals surface area contributed by atoms with Crippen LogP contribution in [0.5, 0.6) is 0 Å². The van der Waals surface area contributed by atoms with Crippen molar-refractivity contribution < 1.29 is 9.21 Å². The number of hydrogen-bond donors (Lipinski definition) is 1. The van der Waals surface area contributed by atoms with Crippen LogP contribution in [-0.2, 0) is 4.79 Å². The number of carbonyl (C=O) groups excluding carboxylic acids is 1. The van der Waals surface area contributed by atoms with Crippen LogP contribution < -0.4 is 5.32 Å². The van der Waals surface area contributed by atoms with E-state index in [4.69, 9.17) is 4.42 Å². The summed E-state index contributed by atoms with van der Waals surface area (Å²) in [6.45, 7) is 2.03. The molecule has 0 unspecified atom stereocenters. The molecule has 26 heavy (non-hydrogen) atoms. The highest BCUT2D eigenvalue weighted by atomic mass is 32.1. The predicted octanol–water partition coefficient (Wildman–Crippen LogP) is 5.25. The molecule has 3 aromatic rings. The van der Waals surface area contributed by atoms with Gasteiger partial charge in [0.2, 0.25) is 5.91 Å². The van der Waals surface area contributed by atoms with Gasteiger partial charge >= 0.3 is 0 Å². The van der Waals surface area contributed by atoms with Gasteiger partial charge < -0.3 is 9.73 Å². The SMILES string of the molecule is Cc1cc2c(NC(=O)CCC3=CCCC=C3)nc(-c3ccoc3)nc2s1. The van der Waals surface area contributed by atoms with Crippen LogP contribution in [0.1, 0.15) is 30.6 Å². The molecule has 5 nitrogen and oxygen atoms in total. The number of amides is 1. The minimum absolute atomic E-state index is 0.0353. The Morgan fingerprint density at radius 3 is 3.04 bits per heavy atom. The molecule has 0 saturated carbocycles. The average Bonchev–Trinajstić information content (AvgIpc) is 3.30. The first-order valence-electron chi connectivity index (χ1n) is 8.65. The van der Waals surface area contributed by atoms with E-state index in [1.807, 2.05) is 19.1 Å². The number of aryl methyl sites for hydroxylation is 1. The van der Waals surface area contributed by atoms with Crippen molar-refractivity contribution in [3.63, 3.8) is 0 Å². The molecule has 0 spiro atoms. The summed E-state index contributed by atoms with van der Waals surface area (Å²) in [7, 11) is 0. The Morgan fingerprint density at radius 2 is 2.27 bits per heavy atom. The second-order valence-electron chi connectivity index (χ2n) is 6.29. The normalized spacial score (nSPS) is 13.8. The maximum atomic E-state index is 12.5. The molecule has 4 rings (SSSR count). The molecule has 0 aliphatic heterocycles.